The van der Waals surface area contributed by atoms with Gasteiger partial charge in [0.2, 0.25) is 0 Å². The van der Waals surface area contributed by atoms with Gasteiger partial charge in [0, 0.05) is 60.7 Å². The predicted octanol–water partition coefficient (Wildman–Crippen LogP) is 4.81. The van der Waals surface area contributed by atoms with Gasteiger partial charge < -0.3 is 4.98 Å². The molecule has 0 radical (unpaired) electrons. The lowest BCUT2D eigenvalue weighted by Crippen LogP contribution is -2.18. The number of likely N-dealkylation sites (tertiary alicyclic amines) is 1. The van der Waals surface area contributed by atoms with Gasteiger partial charge in [-0.2, -0.15) is 5.10 Å². The molecule has 1 aliphatic carbocycles. The molecule has 6 rings (SSSR count). The quantitative estimate of drug-likeness (QED) is 0.461. The number of nitrogens with one attached hydrogen (secondary N) is 1. The molecule has 4 aromatic rings. The van der Waals surface area contributed by atoms with Crippen molar-refractivity contribution in [3.63, 3.8) is 0 Å². The van der Waals surface area contributed by atoms with Gasteiger partial charge in [-0.3, -0.25) is 14.6 Å². The normalized spacial score (nSPS) is 16.4. The fraction of sp³-hybridized carbons (Fsp3) is 0.346. The largest absolute Gasteiger partial charge is 0.340 e. The van der Waals surface area contributed by atoms with Crippen LogP contribution < -0.4 is 0 Å². The average Bonchev–Trinajstić information content (AvgIpc) is 3.50. The molecule has 3 aromatic heterocycles. The summed E-state index contributed by atoms with van der Waals surface area (Å²) < 4.78 is 17.0. The minimum Gasteiger partial charge on any atom is -0.340 e. The van der Waals surface area contributed by atoms with E-state index in [-0.39, 0.29) is 5.82 Å². The van der Waals surface area contributed by atoms with Crippen molar-refractivity contribution >= 4 is 10.9 Å². The van der Waals surface area contributed by atoms with E-state index in [0.717, 1.165) is 83.8 Å². The Hall–Kier alpha value is -3.32. The lowest BCUT2D eigenvalue weighted by atomic mass is 10.0. The number of aryl methyl sites for hydroxylation is 2. The van der Waals surface area contributed by atoms with Gasteiger partial charge >= 0.3 is 0 Å². The Kier molecular flexibility index (Phi) is 5.06. The molecule has 0 unspecified atom stereocenters. The average molecular weight is 443 g/mol. The van der Waals surface area contributed by atoms with Crippen molar-refractivity contribution in [3.8, 4) is 22.6 Å². The van der Waals surface area contributed by atoms with E-state index in [9.17, 15) is 0 Å². The highest BCUT2D eigenvalue weighted by Gasteiger charge is 2.20. The Balaban J connectivity index is 1.42. The van der Waals surface area contributed by atoms with E-state index in [0.29, 0.717) is 5.56 Å². The number of aromatic nitrogens is 5. The molecule has 1 aromatic carbocycles. The zero-order valence-corrected chi connectivity index (χ0v) is 18.8. The van der Waals surface area contributed by atoms with Crippen LogP contribution in [0.3, 0.4) is 0 Å². The van der Waals surface area contributed by atoms with Crippen molar-refractivity contribution in [2.75, 3.05) is 13.1 Å². The summed E-state index contributed by atoms with van der Waals surface area (Å²) in [7, 11) is 1.85. The molecule has 33 heavy (non-hydrogen) atoms. The number of hydrogen-bond donors (Lipinski definition) is 1. The monoisotopic (exact) mass is 442 g/mol. The van der Waals surface area contributed by atoms with E-state index in [2.05, 4.69) is 33.1 Å². The molecule has 0 atom stereocenters. The van der Waals surface area contributed by atoms with E-state index in [1.54, 1.807) is 16.9 Å². The summed E-state index contributed by atoms with van der Waals surface area (Å²) in [5.74, 6) is 0.483. The number of imidazole rings is 1. The van der Waals surface area contributed by atoms with E-state index in [4.69, 9.17) is 10.1 Å². The Morgan fingerprint density at radius 2 is 1.97 bits per heavy atom. The third-order valence-electron chi connectivity index (χ3n) is 6.78. The molecular weight excluding hydrogens is 415 g/mol. The lowest BCUT2D eigenvalue weighted by molar-refractivity contribution is 0.331. The fourth-order valence-electron chi connectivity index (χ4n) is 5.07. The van der Waals surface area contributed by atoms with E-state index in [1.165, 1.54) is 12.8 Å². The number of hydrogen-bond acceptors (Lipinski definition) is 4. The van der Waals surface area contributed by atoms with E-state index in [1.807, 2.05) is 19.3 Å². The molecule has 0 amide bonds. The topological polar surface area (TPSA) is 62.6 Å². The summed E-state index contributed by atoms with van der Waals surface area (Å²) in [5.41, 5.74) is 6.19. The van der Waals surface area contributed by atoms with Crippen LogP contribution in [0.25, 0.3) is 33.5 Å². The van der Waals surface area contributed by atoms with Crippen LogP contribution in [0, 0.1) is 5.82 Å². The highest BCUT2D eigenvalue weighted by molar-refractivity contribution is 5.95. The Labute approximate surface area is 192 Å². The summed E-state index contributed by atoms with van der Waals surface area (Å²) in [4.78, 5) is 15.2. The third kappa shape index (κ3) is 3.76. The molecule has 4 heterocycles. The molecule has 6 nitrogen and oxygen atoms in total. The second-order valence-electron chi connectivity index (χ2n) is 9.11. The molecule has 1 N–H and O–H groups in total. The third-order valence-corrected chi connectivity index (χ3v) is 6.78. The van der Waals surface area contributed by atoms with Crippen molar-refractivity contribution in [1.82, 2.24) is 29.6 Å². The first-order valence-electron chi connectivity index (χ1n) is 11.7. The van der Waals surface area contributed by atoms with Gasteiger partial charge in [0.05, 0.1) is 11.2 Å². The second-order valence-corrected chi connectivity index (χ2v) is 9.11. The fourth-order valence-corrected chi connectivity index (χ4v) is 5.07. The smallest absolute Gasteiger partial charge is 0.159 e. The van der Waals surface area contributed by atoms with Gasteiger partial charge in [-0.1, -0.05) is 12.2 Å². The zero-order chi connectivity index (χ0) is 22.4. The first kappa shape index (κ1) is 20.3. The predicted molar refractivity (Wildman–Crippen MR) is 127 cm³/mol. The number of nitrogens with zero attached hydrogens (tertiary/aromatic N) is 5. The lowest BCUT2D eigenvalue weighted by Gasteiger charge is -2.15. The Morgan fingerprint density at radius 3 is 2.85 bits per heavy atom. The SMILES string of the molecule is Cn1nc(-c2nc3c([nH]2)CC=CCC3)c2cc(-c3cncc(CN4CCCC4)c3)c(F)cc21. The number of pyridine rings is 1. The summed E-state index contributed by atoms with van der Waals surface area (Å²) >= 11 is 0. The molecule has 7 heteroatoms. The second kappa shape index (κ2) is 8.23. The Bertz CT molecular complexity index is 1360. The molecule has 0 saturated carbocycles. The van der Waals surface area contributed by atoms with Crippen molar-refractivity contribution in [1.29, 1.82) is 0 Å². The summed E-state index contributed by atoms with van der Waals surface area (Å²) in [6.07, 6.45) is 13.3. The van der Waals surface area contributed by atoms with Crippen molar-refractivity contribution < 1.29 is 4.39 Å². The standard InChI is InChI=1S/C26H27FN6/c1-32-24-13-21(27)19(18-11-17(14-28-15-18)16-33-9-5-6-10-33)12-20(24)25(31-32)26-29-22-7-3-2-4-8-23(22)30-26/h2-3,11-15H,4-10,16H2,1H3,(H,29,30). The molecule has 1 saturated heterocycles. The maximum atomic E-state index is 15.3. The summed E-state index contributed by atoms with van der Waals surface area (Å²) in [6, 6.07) is 5.54. The van der Waals surface area contributed by atoms with Crippen LogP contribution in [0.2, 0.25) is 0 Å². The van der Waals surface area contributed by atoms with Gasteiger partial charge in [-0.25, -0.2) is 9.37 Å². The van der Waals surface area contributed by atoms with Crippen LogP contribution >= 0.6 is 0 Å². The molecule has 2 aliphatic rings. The number of fused-ring (bicyclic) bond motifs is 2. The van der Waals surface area contributed by atoms with Crippen LogP contribution in [0.5, 0.6) is 0 Å². The van der Waals surface area contributed by atoms with Gasteiger partial charge in [-0.05, 0) is 56.5 Å². The van der Waals surface area contributed by atoms with Gasteiger partial charge in [0.15, 0.2) is 5.82 Å². The van der Waals surface area contributed by atoms with Crippen LogP contribution in [0.15, 0.2) is 42.7 Å². The maximum absolute atomic E-state index is 15.3. The molecule has 0 bridgehead atoms. The van der Waals surface area contributed by atoms with Crippen LogP contribution in [0.1, 0.15) is 36.2 Å². The van der Waals surface area contributed by atoms with Crippen molar-refractivity contribution in [2.45, 2.75) is 38.6 Å². The molecular formula is C26H27FN6. The number of benzene rings is 1. The van der Waals surface area contributed by atoms with Gasteiger partial charge in [-0.15, -0.1) is 0 Å². The van der Waals surface area contributed by atoms with Gasteiger partial charge in [0.1, 0.15) is 11.5 Å². The first-order chi connectivity index (χ1) is 16.2. The van der Waals surface area contributed by atoms with Crippen LogP contribution in [-0.4, -0.2) is 42.7 Å². The van der Waals surface area contributed by atoms with Crippen LogP contribution in [-0.2, 0) is 26.4 Å². The number of rotatable bonds is 4. The minimum absolute atomic E-state index is 0.266. The summed E-state index contributed by atoms with van der Waals surface area (Å²) in [5, 5.41) is 5.59. The zero-order valence-electron chi connectivity index (χ0n) is 18.8. The molecule has 1 fully saturated rings. The highest BCUT2D eigenvalue weighted by Crippen LogP contribution is 2.33. The number of halogens is 1. The first-order valence-corrected chi connectivity index (χ1v) is 11.7. The molecule has 1 aliphatic heterocycles. The number of allylic oxidation sites excluding steroid dienone is 2. The Morgan fingerprint density at radius 1 is 1.09 bits per heavy atom. The number of H-pyrrole nitrogens is 1. The highest BCUT2D eigenvalue weighted by atomic mass is 19.1. The van der Waals surface area contributed by atoms with Gasteiger partial charge in [0.25, 0.3) is 0 Å². The van der Waals surface area contributed by atoms with Crippen LogP contribution in [0.4, 0.5) is 4.39 Å². The minimum atomic E-state index is -0.266. The molecule has 168 valence electrons. The van der Waals surface area contributed by atoms with Crippen molar-refractivity contribution in [2.24, 2.45) is 7.05 Å². The maximum Gasteiger partial charge on any atom is 0.159 e. The van der Waals surface area contributed by atoms with Crippen molar-refractivity contribution in [3.05, 3.63) is 65.5 Å². The summed E-state index contributed by atoms with van der Waals surface area (Å²) in [6.45, 7) is 3.09. The number of aromatic amines is 1. The van der Waals surface area contributed by atoms with E-state index >= 15 is 4.39 Å². The molecule has 0 spiro atoms. The van der Waals surface area contributed by atoms with E-state index < -0.39 is 0 Å².